The average molecular weight is 450 g/mol. The molecule has 1 saturated carbocycles. The van der Waals surface area contributed by atoms with Gasteiger partial charge in [-0.1, -0.05) is 36.4 Å². The summed E-state index contributed by atoms with van der Waals surface area (Å²) in [6.45, 7) is 0.109. The minimum atomic E-state index is -0.602. The smallest absolute Gasteiger partial charge is 0.257 e. The van der Waals surface area contributed by atoms with Crippen molar-refractivity contribution in [2.24, 2.45) is 5.73 Å². The third-order valence-electron chi connectivity index (χ3n) is 5.91. The number of benzene rings is 2. The van der Waals surface area contributed by atoms with Crippen LogP contribution in [0.4, 0.5) is 4.39 Å². The summed E-state index contributed by atoms with van der Waals surface area (Å²) in [5.74, 6) is -0.469. The Hall–Kier alpha value is -3.29. The maximum absolute atomic E-state index is 13.9. The average Bonchev–Trinajstić information content (AvgIpc) is 2.82. The number of pyridine rings is 1. The molecule has 1 aliphatic carbocycles. The number of halogens is 1. The van der Waals surface area contributed by atoms with E-state index in [9.17, 15) is 9.18 Å². The van der Waals surface area contributed by atoms with Gasteiger partial charge in [0, 0.05) is 18.7 Å². The van der Waals surface area contributed by atoms with Crippen LogP contribution in [0.3, 0.4) is 0 Å². The second kappa shape index (κ2) is 10.6. The molecule has 1 heterocycles. The first-order valence-corrected chi connectivity index (χ1v) is 11.2. The maximum Gasteiger partial charge on any atom is 0.257 e. The third-order valence-corrected chi connectivity index (χ3v) is 5.91. The minimum Gasteiger partial charge on any atom is -0.438 e. The standard InChI is InChI=1S/C26H28FN3O3/c27-20-15-24(25(32)30-22-10-8-21(28)9-11-22)26(29-16-20)33-23-3-1-2-19(14-23)18-6-4-17(5-7-18)12-13-31/h1-7,14-16,21-22,31H,8-13,28H2,(H,30,32)/t21-,22-. The van der Waals surface area contributed by atoms with Crippen LogP contribution in [0.15, 0.2) is 60.8 Å². The zero-order chi connectivity index (χ0) is 23.2. The number of carbonyl (C=O) groups is 1. The fourth-order valence-electron chi connectivity index (χ4n) is 4.04. The summed E-state index contributed by atoms with van der Waals surface area (Å²) in [6, 6.07) is 16.6. The zero-order valence-corrected chi connectivity index (χ0v) is 18.3. The lowest BCUT2D eigenvalue weighted by Gasteiger charge is -2.27. The lowest BCUT2D eigenvalue weighted by molar-refractivity contribution is 0.0922. The number of nitrogens with zero attached hydrogens (tertiary/aromatic N) is 1. The number of aromatic nitrogens is 1. The highest BCUT2D eigenvalue weighted by Crippen LogP contribution is 2.29. The molecule has 33 heavy (non-hydrogen) atoms. The first-order valence-electron chi connectivity index (χ1n) is 11.2. The van der Waals surface area contributed by atoms with Crippen LogP contribution in [0.2, 0.25) is 0 Å². The van der Waals surface area contributed by atoms with E-state index in [1.807, 2.05) is 42.5 Å². The number of rotatable bonds is 7. The molecule has 6 nitrogen and oxygen atoms in total. The van der Waals surface area contributed by atoms with Gasteiger partial charge < -0.3 is 20.9 Å². The molecule has 3 aromatic rings. The highest BCUT2D eigenvalue weighted by molar-refractivity contribution is 5.96. The second-order valence-electron chi connectivity index (χ2n) is 8.39. The molecule has 7 heteroatoms. The Bertz CT molecular complexity index is 1100. The SMILES string of the molecule is N[C@H]1CC[C@H](NC(=O)c2cc(F)cnc2Oc2cccc(-c3ccc(CCO)cc3)c2)CC1. The van der Waals surface area contributed by atoms with Gasteiger partial charge >= 0.3 is 0 Å². The van der Waals surface area contributed by atoms with Gasteiger partial charge in [0.25, 0.3) is 5.91 Å². The van der Waals surface area contributed by atoms with Crippen LogP contribution in [0.25, 0.3) is 11.1 Å². The Kier molecular flexibility index (Phi) is 7.32. The molecule has 1 fully saturated rings. The van der Waals surface area contributed by atoms with Crippen LogP contribution in [-0.4, -0.2) is 34.7 Å². The second-order valence-corrected chi connectivity index (χ2v) is 8.39. The quantitative estimate of drug-likeness (QED) is 0.502. The maximum atomic E-state index is 13.9. The van der Waals surface area contributed by atoms with Crippen LogP contribution in [0, 0.1) is 5.82 Å². The number of amides is 1. The predicted molar refractivity (Wildman–Crippen MR) is 125 cm³/mol. The van der Waals surface area contributed by atoms with Gasteiger partial charge in [-0.15, -0.1) is 0 Å². The molecular formula is C26H28FN3O3. The molecule has 1 aromatic heterocycles. The van der Waals surface area contributed by atoms with Gasteiger partial charge in [0.1, 0.15) is 17.1 Å². The molecular weight excluding hydrogens is 421 g/mol. The number of nitrogens with two attached hydrogens (primary N) is 1. The number of carbonyl (C=O) groups excluding carboxylic acids is 1. The van der Waals surface area contributed by atoms with E-state index >= 15 is 0 Å². The van der Waals surface area contributed by atoms with E-state index in [0.29, 0.717) is 12.2 Å². The Morgan fingerprint density at radius 3 is 2.58 bits per heavy atom. The molecule has 4 rings (SSSR count). The van der Waals surface area contributed by atoms with Gasteiger partial charge in [0.15, 0.2) is 0 Å². The van der Waals surface area contributed by atoms with Crippen molar-refractivity contribution < 1.29 is 19.0 Å². The molecule has 0 atom stereocenters. The van der Waals surface area contributed by atoms with Crippen molar-refractivity contribution >= 4 is 5.91 Å². The lowest BCUT2D eigenvalue weighted by atomic mass is 9.91. The number of hydrogen-bond donors (Lipinski definition) is 3. The lowest BCUT2D eigenvalue weighted by Crippen LogP contribution is -2.40. The first kappa shape index (κ1) is 22.9. The molecule has 0 radical (unpaired) electrons. The van der Waals surface area contributed by atoms with Crippen molar-refractivity contribution in [3.8, 4) is 22.8 Å². The summed E-state index contributed by atoms with van der Waals surface area (Å²) in [7, 11) is 0. The summed E-state index contributed by atoms with van der Waals surface area (Å²) >= 11 is 0. The largest absolute Gasteiger partial charge is 0.438 e. The van der Waals surface area contributed by atoms with Crippen molar-refractivity contribution in [1.29, 1.82) is 0 Å². The molecule has 0 bridgehead atoms. The molecule has 1 amide bonds. The highest BCUT2D eigenvalue weighted by atomic mass is 19.1. The van der Waals surface area contributed by atoms with E-state index in [1.54, 1.807) is 6.07 Å². The van der Waals surface area contributed by atoms with Crippen LogP contribution in [0.1, 0.15) is 41.6 Å². The van der Waals surface area contributed by atoms with E-state index in [2.05, 4.69) is 10.3 Å². The van der Waals surface area contributed by atoms with E-state index < -0.39 is 11.7 Å². The zero-order valence-electron chi connectivity index (χ0n) is 18.3. The number of ether oxygens (including phenoxy) is 1. The van der Waals surface area contributed by atoms with Crippen LogP contribution >= 0.6 is 0 Å². The van der Waals surface area contributed by atoms with Gasteiger partial charge in [-0.3, -0.25) is 4.79 Å². The number of aliphatic hydroxyl groups excluding tert-OH is 1. The van der Waals surface area contributed by atoms with Gasteiger partial charge in [0.05, 0.1) is 6.20 Å². The molecule has 4 N–H and O–H groups in total. The summed E-state index contributed by atoms with van der Waals surface area (Å²) in [6.07, 6.45) is 4.94. The summed E-state index contributed by atoms with van der Waals surface area (Å²) in [5.41, 5.74) is 8.97. The molecule has 0 spiro atoms. The van der Waals surface area contributed by atoms with Crippen molar-refractivity contribution in [2.45, 2.75) is 44.2 Å². The Morgan fingerprint density at radius 1 is 1.09 bits per heavy atom. The van der Waals surface area contributed by atoms with Crippen molar-refractivity contribution in [1.82, 2.24) is 10.3 Å². The minimum absolute atomic E-state index is 0.00514. The first-order chi connectivity index (χ1) is 16.0. The molecule has 0 aliphatic heterocycles. The summed E-state index contributed by atoms with van der Waals surface area (Å²) < 4.78 is 19.8. The van der Waals surface area contributed by atoms with Crippen molar-refractivity contribution in [3.63, 3.8) is 0 Å². The molecule has 2 aromatic carbocycles. The van der Waals surface area contributed by atoms with Gasteiger partial charge in [-0.05, 0) is 67.0 Å². The molecule has 0 unspecified atom stereocenters. The van der Waals surface area contributed by atoms with Gasteiger partial charge in [-0.2, -0.15) is 0 Å². The van der Waals surface area contributed by atoms with Crippen LogP contribution in [-0.2, 0) is 6.42 Å². The number of nitrogens with one attached hydrogen (secondary N) is 1. The van der Waals surface area contributed by atoms with E-state index in [-0.39, 0.29) is 30.1 Å². The summed E-state index contributed by atoms with van der Waals surface area (Å²) in [5, 5.41) is 12.0. The molecule has 1 aliphatic rings. The van der Waals surface area contributed by atoms with E-state index in [4.69, 9.17) is 15.6 Å². The monoisotopic (exact) mass is 449 g/mol. The Labute approximate surface area is 192 Å². The number of hydrogen-bond acceptors (Lipinski definition) is 5. The third kappa shape index (κ3) is 5.94. The van der Waals surface area contributed by atoms with Crippen LogP contribution < -0.4 is 15.8 Å². The predicted octanol–water partition coefficient (Wildman–Crippen LogP) is 4.21. The van der Waals surface area contributed by atoms with Gasteiger partial charge in [-0.25, -0.2) is 9.37 Å². The van der Waals surface area contributed by atoms with Crippen molar-refractivity contribution in [2.75, 3.05) is 6.61 Å². The normalized spacial score (nSPS) is 18.0. The highest BCUT2D eigenvalue weighted by Gasteiger charge is 2.23. The van der Waals surface area contributed by atoms with E-state index in [0.717, 1.165) is 54.6 Å². The van der Waals surface area contributed by atoms with Crippen LogP contribution in [0.5, 0.6) is 11.6 Å². The Balaban J connectivity index is 1.52. The van der Waals surface area contributed by atoms with Gasteiger partial charge in [0.2, 0.25) is 5.88 Å². The van der Waals surface area contributed by atoms with E-state index in [1.165, 1.54) is 0 Å². The summed E-state index contributed by atoms with van der Waals surface area (Å²) in [4.78, 5) is 16.9. The molecule has 0 saturated heterocycles. The molecule has 172 valence electrons. The Morgan fingerprint density at radius 2 is 1.85 bits per heavy atom. The topological polar surface area (TPSA) is 97.5 Å². The fourth-order valence-corrected chi connectivity index (χ4v) is 4.04. The fraction of sp³-hybridized carbons (Fsp3) is 0.308. The number of aliphatic hydroxyl groups is 1. The van der Waals surface area contributed by atoms with Crippen molar-refractivity contribution in [3.05, 3.63) is 77.7 Å².